The van der Waals surface area contributed by atoms with Crippen molar-refractivity contribution in [1.82, 2.24) is 14.7 Å². The zero-order chi connectivity index (χ0) is 18.7. The predicted molar refractivity (Wildman–Crippen MR) is 94.3 cm³/mol. The van der Waals surface area contributed by atoms with Gasteiger partial charge in [0.1, 0.15) is 11.8 Å². The summed E-state index contributed by atoms with van der Waals surface area (Å²) in [5, 5.41) is 0. The van der Waals surface area contributed by atoms with Gasteiger partial charge in [-0.2, -0.15) is 0 Å². The smallest absolute Gasteiger partial charge is 0.315 e. The molecule has 3 rings (SSSR count). The van der Waals surface area contributed by atoms with Gasteiger partial charge in [0.2, 0.25) is 11.8 Å². The van der Waals surface area contributed by atoms with Crippen molar-refractivity contribution in [2.75, 3.05) is 33.3 Å². The van der Waals surface area contributed by atoms with Crippen molar-refractivity contribution in [3.8, 4) is 5.75 Å². The Bertz CT molecular complexity index is 691. The highest BCUT2D eigenvalue weighted by Gasteiger charge is 2.38. The summed E-state index contributed by atoms with van der Waals surface area (Å²) in [5.41, 5.74) is 6.35. The molecule has 4 amide bonds. The number of amides is 4. The molecule has 0 spiro atoms. The van der Waals surface area contributed by atoms with Crippen LogP contribution in [0.4, 0.5) is 4.79 Å². The number of nitrogens with zero attached hydrogens (tertiary/aromatic N) is 3. The van der Waals surface area contributed by atoms with Crippen LogP contribution in [-0.4, -0.2) is 71.9 Å². The van der Waals surface area contributed by atoms with Gasteiger partial charge in [0.25, 0.3) is 0 Å². The van der Waals surface area contributed by atoms with E-state index in [2.05, 4.69) is 0 Å². The molecular formula is C18H24N4O4. The maximum atomic E-state index is 12.7. The molecule has 0 radical (unpaired) electrons. The minimum absolute atomic E-state index is 0.0398. The number of carbonyl (C=O) groups excluding carboxylic acids is 3. The Morgan fingerprint density at radius 2 is 1.92 bits per heavy atom. The van der Waals surface area contributed by atoms with Gasteiger partial charge in [-0.25, -0.2) is 4.79 Å². The molecule has 26 heavy (non-hydrogen) atoms. The minimum Gasteiger partial charge on any atom is -0.497 e. The highest BCUT2D eigenvalue weighted by Crippen LogP contribution is 2.21. The third-order valence-electron chi connectivity index (χ3n) is 4.98. The highest BCUT2D eigenvalue weighted by atomic mass is 16.5. The van der Waals surface area contributed by atoms with E-state index in [-0.39, 0.29) is 18.4 Å². The van der Waals surface area contributed by atoms with Gasteiger partial charge in [0.15, 0.2) is 0 Å². The van der Waals surface area contributed by atoms with Crippen molar-refractivity contribution in [2.45, 2.75) is 25.4 Å². The number of piperazine rings is 1. The largest absolute Gasteiger partial charge is 0.497 e. The van der Waals surface area contributed by atoms with E-state index < -0.39 is 12.1 Å². The number of ether oxygens (including phenoxy) is 1. The summed E-state index contributed by atoms with van der Waals surface area (Å²) in [5.74, 6) is 0.494. The SMILES string of the molecule is COc1ccc(CN2CCN(C(=O)[C@@H]3CCCN3C(N)=O)CC2=O)cc1. The number of carbonyl (C=O) groups is 3. The molecule has 2 aliphatic heterocycles. The molecule has 2 fully saturated rings. The molecular weight excluding hydrogens is 336 g/mol. The summed E-state index contributed by atoms with van der Waals surface area (Å²) in [7, 11) is 1.61. The van der Waals surface area contributed by atoms with E-state index in [9.17, 15) is 14.4 Å². The van der Waals surface area contributed by atoms with Gasteiger partial charge in [0.05, 0.1) is 13.7 Å². The second-order valence-corrected chi connectivity index (χ2v) is 6.61. The Balaban J connectivity index is 1.58. The number of likely N-dealkylation sites (tertiary alicyclic amines) is 1. The third-order valence-corrected chi connectivity index (χ3v) is 4.98. The van der Waals surface area contributed by atoms with E-state index in [0.29, 0.717) is 32.6 Å². The molecule has 8 nitrogen and oxygen atoms in total. The topological polar surface area (TPSA) is 96.2 Å². The second-order valence-electron chi connectivity index (χ2n) is 6.61. The number of primary amides is 1. The number of hydrogen-bond acceptors (Lipinski definition) is 4. The molecule has 1 aromatic carbocycles. The van der Waals surface area contributed by atoms with Crippen LogP contribution in [0.15, 0.2) is 24.3 Å². The number of nitrogens with two attached hydrogens (primary N) is 1. The Kier molecular flexibility index (Phi) is 5.29. The van der Waals surface area contributed by atoms with Gasteiger partial charge in [-0.05, 0) is 30.5 Å². The van der Waals surface area contributed by atoms with Crippen LogP contribution in [0.2, 0.25) is 0 Å². The molecule has 8 heteroatoms. The first-order valence-electron chi connectivity index (χ1n) is 8.75. The summed E-state index contributed by atoms with van der Waals surface area (Å²) in [6.45, 7) is 1.97. The van der Waals surface area contributed by atoms with Gasteiger partial charge in [-0.15, -0.1) is 0 Å². The maximum Gasteiger partial charge on any atom is 0.315 e. The van der Waals surface area contributed by atoms with Crippen LogP contribution in [0.3, 0.4) is 0 Å². The molecule has 0 aromatic heterocycles. The first-order chi connectivity index (χ1) is 12.5. The second kappa shape index (κ2) is 7.63. The van der Waals surface area contributed by atoms with Crippen molar-refractivity contribution < 1.29 is 19.1 Å². The average Bonchev–Trinajstić information content (AvgIpc) is 3.13. The van der Waals surface area contributed by atoms with E-state index >= 15 is 0 Å². The lowest BCUT2D eigenvalue weighted by Crippen LogP contribution is -2.56. The van der Waals surface area contributed by atoms with Gasteiger partial charge >= 0.3 is 6.03 Å². The zero-order valence-corrected chi connectivity index (χ0v) is 14.9. The lowest BCUT2D eigenvalue weighted by molar-refractivity contribution is -0.147. The van der Waals surface area contributed by atoms with Crippen LogP contribution in [0, 0.1) is 0 Å². The standard InChI is InChI=1S/C18H24N4O4/c1-26-14-6-4-13(5-7-14)11-20-9-10-21(12-16(20)23)17(24)15-3-2-8-22(15)18(19)25/h4-7,15H,2-3,8-12H2,1H3,(H2,19,25)/t15-/m0/s1. The lowest BCUT2D eigenvalue weighted by Gasteiger charge is -2.36. The predicted octanol–water partition coefficient (Wildman–Crippen LogP) is 0.409. The summed E-state index contributed by atoms with van der Waals surface area (Å²) < 4.78 is 5.13. The monoisotopic (exact) mass is 360 g/mol. The van der Waals surface area contributed by atoms with Crippen molar-refractivity contribution in [3.05, 3.63) is 29.8 Å². The number of rotatable bonds is 4. The molecule has 2 N–H and O–H groups in total. The lowest BCUT2D eigenvalue weighted by atomic mass is 10.1. The Morgan fingerprint density at radius 3 is 2.54 bits per heavy atom. The van der Waals surface area contributed by atoms with Crippen LogP contribution in [-0.2, 0) is 16.1 Å². The fourth-order valence-electron chi connectivity index (χ4n) is 3.51. The van der Waals surface area contributed by atoms with Gasteiger partial charge in [-0.3, -0.25) is 9.59 Å². The van der Waals surface area contributed by atoms with Crippen molar-refractivity contribution in [2.24, 2.45) is 5.73 Å². The Hall–Kier alpha value is -2.77. The molecule has 140 valence electrons. The molecule has 0 bridgehead atoms. The van der Waals surface area contributed by atoms with Crippen LogP contribution >= 0.6 is 0 Å². The minimum atomic E-state index is -0.578. The quantitative estimate of drug-likeness (QED) is 0.841. The van der Waals surface area contributed by atoms with Gasteiger partial charge < -0.3 is 25.2 Å². The van der Waals surface area contributed by atoms with Gasteiger partial charge in [-0.1, -0.05) is 12.1 Å². The van der Waals surface area contributed by atoms with Crippen LogP contribution in [0.25, 0.3) is 0 Å². The molecule has 1 atom stereocenters. The first-order valence-corrected chi connectivity index (χ1v) is 8.75. The van der Waals surface area contributed by atoms with Crippen molar-refractivity contribution in [1.29, 1.82) is 0 Å². The zero-order valence-electron chi connectivity index (χ0n) is 14.9. The van der Waals surface area contributed by atoms with Crippen molar-refractivity contribution in [3.63, 3.8) is 0 Å². The molecule has 0 unspecified atom stereocenters. The van der Waals surface area contributed by atoms with E-state index in [0.717, 1.165) is 17.7 Å². The van der Waals surface area contributed by atoms with E-state index in [1.807, 2.05) is 24.3 Å². The third kappa shape index (κ3) is 3.74. The molecule has 0 saturated carbocycles. The summed E-state index contributed by atoms with van der Waals surface area (Å²) >= 11 is 0. The Morgan fingerprint density at radius 1 is 1.19 bits per heavy atom. The summed E-state index contributed by atoms with van der Waals surface area (Å²) in [6, 6.07) is 6.45. The fourth-order valence-corrected chi connectivity index (χ4v) is 3.51. The number of urea groups is 1. The van der Waals surface area contributed by atoms with E-state index in [4.69, 9.17) is 10.5 Å². The maximum absolute atomic E-state index is 12.7. The molecule has 0 aliphatic carbocycles. The molecule has 1 aromatic rings. The fraction of sp³-hybridized carbons (Fsp3) is 0.500. The van der Waals surface area contributed by atoms with Crippen LogP contribution < -0.4 is 10.5 Å². The van der Waals surface area contributed by atoms with E-state index in [1.165, 1.54) is 4.90 Å². The van der Waals surface area contributed by atoms with Crippen LogP contribution in [0.1, 0.15) is 18.4 Å². The van der Waals surface area contributed by atoms with E-state index in [1.54, 1.807) is 16.9 Å². The Labute approximate surface area is 152 Å². The average molecular weight is 360 g/mol. The molecule has 2 aliphatic rings. The van der Waals surface area contributed by atoms with Crippen molar-refractivity contribution >= 4 is 17.8 Å². The normalized spacial score (nSPS) is 20.4. The van der Waals surface area contributed by atoms with Crippen LogP contribution in [0.5, 0.6) is 5.75 Å². The molecule has 2 saturated heterocycles. The number of benzene rings is 1. The number of methoxy groups -OCH3 is 1. The van der Waals surface area contributed by atoms with Gasteiger partial charge in [0, 0.05) is 26.2 Å². The highest BCUT2D eigenvalue weighted by molar-refractivity contribution is 5.91. The number of hydrogen-bond donors (Lipinski definition) is 1. The first kappa shape index (κ1) is 18.0. The summed E-state index contributed by atoms with van der Waals surface area (Å²) in [6.07, 6.45) is 1.35. The molecule has 2 heterocycles. The summed E-state index contributed by atoms with van der Waals surface area (Å²) in [4.78, 5) is 41.3.